The Labute approximate surface area is 148 Å². The summed E-state index contributed by atoms with van der Waals surface area (Å²) in [5.41, 5.74) is 1.14. The normalized spacial score (nSPS) is 25.5. The summed E-state index contributed by atoms with van der Waals surface area (Å²) in [6, 6.07) is 9.43. The fourth-order valence-corrected chi connectivity index (χ4v) is 4.17. The average molecular weight is 337 g/mol. The maximum Gasteiger partial charge on any atom is 0.334 e. The summed E-state index contributed by atoms with van der Waals surface area (Å²) in [7, 11) is 0. The van der Waals surface area contributed by atoms with Gasteiger partial charge in [0, 0.05) is 18.4 Å². The number of hydrogen-bond acceptors (Lipinski definition) is 5. The van der Waals surface area contributed by atoms with E-state index < -0.39 is 0 Å². The highest BCUT2D eigenvalue weighted by molar-refractivity contribution is 5.82. The van der Waals surface area contributed by atoms with Gasteiger partial charge in [0.15, 0.2) is 0 Å². The Morgan fingerprint density at radius 2 is 1.84 bits per heavy atom. The van der Waals surface area contributed by atoms with Crippen molar-refractivity contribution >= 4 is 11.9 Å². The highest BCUT2D eigenvalue weighted by Gasteiger charge is 2.47. The van der Waals surface area contributed by atoms with Gasteiger partial charge in [-0.2, -0.15) is 0 Å². The number of aromatic nitrogens is 2. The van der Waals surface area contributed by atoms with E-state index in [1.807, 2.05) is 31.2 Å². The van der Waals surface area contributed by atoms with Crippen LogP contribution in [0.3, 0.4) is 0 Å². The van der Waals surface area contributed by atoms with Crippen molar-refractivity contribution in [2.45, 2.75) is 51.1 Å². The molecule has 0 N–H and O–H groups in total. The molecule has 3 atom stereocenters. The van der Waals surface area contributed by atoms with Crippen LogP contribution in [0.1, 0.15) is 37.7 Å². The molecule has 1 saturated carbocycles. The summed E-state index contributed by atoms with van der Waals surface area (Å²) in [6.07, 6.45) is 9.00. The quantitative estimate of drug-likeness (QED) is 0.633. The Morgan fingerprint density at radius 3 is 2.60 bits per heavy atom. The molecule has 5 heteroatoms. The molecule has 2 aliphatic rings. The lowest BCUT2D eigenvalue weighted by atomic mass is 9.85. The summed E-state index contributed by atoms with van der Waals surface area (Å²) in [5, 5.41) is 0. The molecule has 1 aliphatic heterocycles. The zero-order valence-electron chi connectivity index (χ0n) is 14.5. The number of ether oxygens (including phenoxy) is 1. The fraction of sp³-hybridized carbons (Fsp3) is 0.450. The first-order valence-electron chi connectivity index (χ1n) is 9.06. The molecule has 0 spiro atoms. The molecule has 0 radical (unpaired) electrons. The minimum absolute atomic E-state index is 0.203. The standard InChI is InChI=1S/C20H23N3O2/c1-14-7-9-16(10-8-14)25-19(24)18-13-15-5-2-3-6-17(15)23(18)20-21-11-4-12-22-20/h4,7-12,15,17-18H,2-3,5-6,13H2,1H3/t15-,17+,18+/m1/s1. The number of esters is 1. The number of hydrogen-bond donors (Lipinski definition) is 0. The van der Waals surface area contributed by atoms with Gasteiger partial charge in [0.2, 0.25) is 5.95 Å². The zero-order chi connectivity index (χ0) is 17.2. The third kappa shape index (κ3) is 3.23. The second-order valence-corrected chi connectivity index (χ2v) is 7.05. The van der Waals surface area contributed by atoms with Gasteiger partial charge in [-0.15, -0.1) is 0 Å². The Kier molecular flexibility index (Phi) is 4.38. The van der Waals surface area contributed by atoms with Crippen molar-refractivity contribution in [3.8, 4) is 5.75 Å². The van der Waals surface area contributed by atoms with Crippen molar-refractivity contribution in [3.05, 3.63) is 48.3 Å². The third-order valence-electron chi connectivity index (χ3n) is 5.38. The van der Waals surface area contributed by atoms with Gasteiger partial charge in [-0.05, 0) is 50.3 Å². The maximum atomic E-state index is 12.9. The van der Waals surface area contributed by atoms with Gasteiger partial charge in [-0.1, -0.05) is 30.5 Å². The second-order valence-electron chi connectivity index (χ2n) is 7.05. The van der Waals surface area contributed by atoms with Crippen LogP contribution in [-0.4, -0.2) is 28.0 Å². The van der Waals surface area contributed by atoms with E-state index in [4.69, 9.17) is 4.74 Å². The molecule has 0 unspecified atom stereocenters. The van der Waals surface area contributed by atoms with Crippen LogP contribution >= 0.6 is 0 Å². The predicted molar refractivity (Wildman–Crippen MR) is 95.5 cm³/mol. The molecule has 2 aromatic rings. The summed E-state index contributed by atoms with van der Waals surface area (Å²) < 4.78 is 5.67. The molecule has 130 valence electrons. The van der Waals surface area contributed by atoms with Crippen molar-refractivity contribution < 1.29 is 9.53 Å². The Bertz CT molecular complexity index is 732. The number of rotatable bonds is 3. The molecular weight excluding hydrogens is 314 g/mol. The van der Waals surface area contributed by atoms with Gasteiger partial charge < -0.3 is 9.64 Å². The van der Waals surface area contributed by atoms with Crippen LogP contribution in [0, 0.1) is 12.8 Å². The van der Waals surface area contributed by atoms with E-state index in [1.165, 1.54) is 19.3 Å². The van der Waals surface area contributed by atoms with Crippen LogP contribution in [0.15, 0.2) is 42.7 Å². The van der Waals surface area contributed by atoms with Crippen LogP contribution in [0.4, 0.5) is 5.95 Å². The van der Waals surface area contributed by atoms with E-state index in [0.29, 0.717) is 23.7 Å². The van der Waals surface area contributed by atoms with E-state index in [0.717, 1.165) is 18.4 Å². The minimum atomic E-state index is -0.309. The molecule has 1 aromatic carbocycles. The molecule has 25 heavy (non-hydrogen) atoms. The van der Waals surface area contributed by atoms with E-state index in [2.05, 4.69) is 14.9 Å². The molecule has 1 saturated heterocycles. The van der Waals surface area contributed by atoms with Gasteiger partial charge in [0.1, 0.15) is 11.8 Å². The first-order chi connectivity index (χ1) is 12.2. The topological polar surface area (TPSA) is 55.3 Å². The lowest BCUT2D eigenvalue weighted by Crippen LogP contribution is -2.44. The summed E-state index contributed by atoms with van der Waals surface area (Å²) in [4.78, 5) is 23.8. The number of aryl methyl sites for hydroxylation is 1. The monoisotopic (exact) mass is 337 g/mol. The second kappa shape index (κ2) is 6.82. The minimum Gasteiger partial charge on any atom is -0.425 e. The molecule has 1 aromatic heterocycles. The highest BCUT2D eigenvalue weighted by atomic mass is 16.5. The van der Waals surface area contributed by atoms with Crippen LogP contribution in [0.5, 0.6) is 5.75 Å². The van der Waals surface area contributed by atoms with Crippen molar-refractivity contribution in [1.29, 1.82) is 0 Å². The molecule has 0 bridgehead atoms. The van der Waals surface area contributed by atoms with Crippen LogP contribution in [0.2, 0.25) is 0 Å². The Morgan fingerprint density at radius 1 is 1.12 bits per heavy atom. The Hall–Kier alpha value is -2.43. The predicted octanol–water partition coefficient (Wildman–Crippen LogP) is 3.53. The number of benzene rings is 1. The molecule has 0 amide bonds. The van der Waals surface area contributed by atoms with E-state index >= 15 is 0 Å². The number of fused-ring (bicyclic) bond motifs is 1. The smallest absolute Gasteiger partial charge is 0.334 e. The number of nitrogens with zero attached hydrogens (tertiary/aromatic N) is 3. The molecule has 1 aliphatic carbocycles. The van der Waals surface area contributed by atoms with Crippen LogP contribution < -0.4 is 9.64 Å². The molecule has 4 rings (SSSR count). The average Bonchev–Trinajstić information content (AvgIpc) is 3.04. The maximum absolute atomic E-state index is 12.9. The summed E-state index contributed by atoms with van der Waals surface area (Å²) in [5.74, 6) is 1.56. The Balaban J connectivity index is 1.59. The molecule has 2 heterocycles. The number of anilines is 1. The SMILES string of the molecule is Cc1ccc(OC(=O)[C@@H]2C[C@H]3CCCC[C@@H]3N2c2ncccn2)cc1. The lowest BCUT2D eigenvalue weighted by molar-refractivity contribution is -0.135. The highest BCUT2D eigenvalue weighted by Crippen LogP contribution is 2.41. The first-order valence-corrected chi connectivity index (χ1v) is 9.06. The van der Waals surface area contributed by atoms with Gasteiger partial charge >= 0.3 is 5.97 Å². The first kappa shape index (κ1) is 16.1. The fourth-order valence-electron chi connectivity index (χ4n) is 4.17. The largest absolute Gasteiger partial charge is 0.425 e. The van der Waals surface area contributed by atoms with Crippen LogP contribution in [0.25, 0.3) is 0 Å². The van der Waals surface area contributed by atoms with Crippen LogP contribution in [-0.2, 0) is 4.79 Å². The molecular formula is C20H23N3O2. The van der Waals surface area contributed by atoms with E-state index in [1.54, 1.807) is 18.5 Å². The van der Waals surface area contributed by atoms with Gasteiger partial charge in [0.25, 0.3) is 0 Å². The van der Waals surface area contributed by atoms with Gasteiger partial charge in [-0.3, -0.25) is 0 Å². The van der Waals surface area contributed by atoms with E-state index in [9.17, 15) is 4.79 Å². The third-order valence-corrected chi connectivity index (χ3v) is 5.38. The molecule has 2 fully saturated rings. The summed E-state index contributed by atoms with van der Waals surface area (Å²) >= 11 is 0. The molecule has 5 nitrogen and oxygen atoms in total. The number of carbonyl (C=O) groups is 1. The van der Waals surface area contributed by atoms with Crippen molar-refractivity contribution in [3.63, 3.8) is 0 Å². The summed E-state index contributed by atoms with van der Waals surface area (Å²) in [6.45, 7) is 2.02. The van der Waals surface area contributed by atoms with Crippen molar-refractivity contribution in [2.75, 3.05) is 4.90 Å². The number of carbonyl (C=O) groups excluding carboxylic acids is 1. The zero-order valence-corrected chi connectivity index (χ0v) is 14.5. The van der Waals surface area contributed by atoms with E-state index in [-0.39, 0.29) is 12.0 Å². The van der Waals surface area contributed by atoms with Gasteiger partial charge in [-0.25, -0.2) is 14.8 Å². The van der Waals surface area contributed by atoms with Crippen molar-refractivity contribution in [2.24, 2.45) is 5.92 Å². The van der Waals surface area contributed by atoms with Crippen molar-refractivity contribution in [1.82, 2.24) is 9.97 Å². The lowest BCUT2D eigenvalue weighted by Gasteiger charge is -2.33. The van der Waals surface area contributed by atoms with Gasteiger partial charge in [0.05, 0.1) is 0 Å².